The van der Waals surface area contributed by atoms with E-state index in [1.807, 2.05) is 45.0 Å². The molecule has 2 rings (SSSR count). The monoisotopic (exact) mass is 450 g/mol. The molecule has 0 bridgehead atoms. The van der Waals surface area contributed by atoms with Crippen molar-refractivity contribution in [2.75, 3.05) is 7.11 Å². The minimum absolute atomic E-state index is 0.0182. The zero-order chi connectivity index (χ0) is 22.3. The van der Waals surface area contributed by atoms with Crippen molar-refractivity contribution in [2.45, 2.75) is 52.2 Å². The second-order valence-electron chi connectivity index (χ2n) is 7.39. The van der Waals surface area contributed by atoms with Crippen LogP contribution in [0.5, 0.6) is 5.75 Å². The lowest BCUT2D eigenvalue weighted by atomic mass is 10.1. The quantitative estimate of drug-likeness (QED) is 0.592. The summed E-state index contributed by atoms with van der Waals surface area (Å²) in [5, 5.41) is 3.75. The lowest BCUT2D eigenvalue weighted by molar-refractivity contribution is -0.141. The third kappa shape index (κ3) is 6.64. The molecule has 0 spiro atoms. The fourth-order valence-corrected chi connectivity index (χ4v) is 3.51. The molecule has 1 atom stereocenters. The van der Waals surface area contributed by atoms with Gasteiger partial charge in [0.25, 0.3) is 0 Å². The minimum atomic E-state index is -0.589. The van der Waals surface area contributed by atoms with Crippen molar-refractivity contribution < 1.29 is 14.3 Å². The summed E-state index contributed by atoms with van der Waals surface area (Å²) >= 11 is 12.1. The summed E-state index contributed by atoms with van der Waals surface area (Å²) in [4.78, 5) is 27.7. The molecule has 2 amide bonds. The molecule has 0 saturated carbocycles. The van der Waals surface area contributed by atoms with E-state index in [1.54, 1.807) is 30.2 Å². The summed E-state index contributed by atoms with van der Waals surface area (Å²) in [6.07, 6.45) is 0.613. The summed E-state index contributed by atoms with van der Waals surface area (Å²) in [6.45, 7) is 5.99. The third-order valence-corrected chi connectivity index (χ3v) is 5.38. The van der Waals surface area contributed by atoms with Crippen LogP contribution in [-0.2, 0) is 22.6 Å². The predicted molar refractivity (Wildman–Crippen MR) is 121 cm³/mol. The van der Waals surface area contributed by atoms with Crippen LogP contribution in [0.1, 0.15) is 38.3 Å². The minimum Gasteiger partial charge on any atom is -0.497 e. The van der Waals surface area contributed by atoms with E-state index >= 15 is 0 Å². The first-order valence-electron chi connectivity index (χ1n) is 9.91. The fraction of sp³-hybridized carbons (Fsp3) is 0.391. The van der Waals surface area contributed by atoms with Crippen LogP contribution in [0, 0.1) is 0 Å². The average molecular weight is 451 g/mol. The predicted octanol–water partition coefficient (Wildman–Crippen LogP) is 4.88. The van der Waals surface area contributed by atoms with Gasteiger partial charge in [-0.1, -0.05) is 48.3 Å². The van der Waals surface area contributed by atoms with Gasteiger partial charge >= 0.3 is 0 Å². The highest BCUT2D eigenvalue weighted by Gasteiger charge is 2.29. The van der Waals surface area contributed by atoms with Crippen LogP contribution >= 0.6 is 23.2 Å². The molecule has 0 saturated heterocycles. The van der Waals surface area contributed by atoms with Crippen molar-refractivity contribution in [3.05, 3.63) is 63.6 Å². The van der Waals surface area contributed by atoms with Gasteiger partial charge in [-0.3, -0.25) is 9.59 Å². The molecule has 0 radical (unpaired) electrons. The second-order valence-corrected chi connectivity index (χ2v) is 8.20. The van der Waals surface area contributed by atoms with Crippen LogP contribution in [0.3, 0.4) is 0 Å². The van der Waals surface area contributed by atoms with Crippen LogP contribution in [0.4, 0.5) is 0 Å². The Morgan fingerprint density at radius 1 is 1.07 bits per heavy atom. The lowest BCUT2D eigenvalue weighted by Crippen LogP contribution is -2.50. The van der Waals surface area contributed by atoms with Gasteiger partial charge in [0.1, 0.15) is 11.8 Å². The van der Waals surface area contributed by atoms with E-state index in [4.69, 9.17) is 27.9 Å². The van der Waals surface area contributed by atoms with E-state index in [9.17, 15) is 9.59 Å². The number of nitrogens with one attached hydrogen (secondary N) is 1. The number of methoxy groups -OCH3 is 1. The fourth-order valence-electron chi connectivity index (χ4n) is 3.19. The van der Waals surface area contributed by atoms with E-state index in [2.05, 4.69) is 5.32 Å². The molecule has 0 heterocycles. The standard InChI is InChI=1S/C23H28Cl2N2O3/c1-5-21(23(29)26-15(2)3)27(14-17-7-6-8-18(11-17)30-4)22(28)13-16-9-10-19(24)20(25)12-16/h6-12,15,21H,5,13-14H2,1-4H3,(H,26,29). The Morgan fingerprint density at radius 3 is 2.40 bits per heavy atom. The van der Waals surface area contributed by atoms with Gasteiger partial charge in [0.05, 0.1) is 23.6 Å². The number of ether oxygens (including phenoxy) is 1. The number of nitrogens with zero attached hydrogens (tertiary/aromatic N) is 1. The molecule has 0 fully saturated rings. The molecule has 1 unspecified atom stereocenters. The number of amides is 2. The van der Waals surface area contributed by atoms with Gasteiger partial charge in [-0.05, 0) is 55.7 Å². The molecule has 0 aromatic heterocycles. The first kappa shape index (κ1) is 24.0. The van der Waals surface area contributed by atoms with Gasteiger partial charge in [-0.15, -0.1) is 0 Å². The topological polar surface area (TPSA) is 58.6 Å². The van der Waals surface area contributed by atoms with E-state index in [-0.39, 0.29) is 24.3 Å². The van der Waals surface area contributed by atoms with Crippen LogP contribution in [0.15, 0.2) is 42.5 Å². The second kappa shape index (κ2) is 11.2. The Morgan fingerprint density at radius 2 is 1.80 bits per heavy atom. The molecule has 30 heavy (non-hydrogen) atoms. The number of halogens is 2. The average Bonchev–Trinajstić information content (AvgIpc) is 2.70. The number of rotatable bonds is 9. The first-order chi connectivity index (χ1) is 14.2. The van der Waals surface area contributed by atoms with E-state index < -0.39 is 6.04 Å². The molecule has 1 N–H and O–H groups in total. The summed E-state index contributed by atoms with van der Waals surface area (Å²) < 4.78 is 5.29. The van der Waals surface area contributed by atoms with Gasteiger partial charge in [0, 0.05) is 12.6 Å². The largest absolute Gasteiger partial charge is 0.497 e. The number of hydrogen-bond acceptors (Lipinski definition) is 3. The normalized spacial score (nSPS) is 11.8. The Bertz CT molecular complexity index is 887. The Labute approximate surface area is 188 Å². The smallest absolute Gasteiger partial charge is 0.243 e. The highest BCUT2D eigenvalue weighted by Crippen LogP contribution is 2.24. The molecule has 5 nitrogen and oxygen atoms in total. The molecule has 7 heteroatoms. The maximum Gasteiger partial charge on any atom is 0.243 e. The van der Waals surface area contributed by atoms with E-state index in [1.165, 1.54) is 0 Å². The molecule has 0 aliphatic heterocycles. The Balaban J connectivity index is 2.33. The Kier molecular flexibility index (Phi) is 9.00. The van der Waals surface area contributed by atoms with Crippen molar-refractivity contribution in [3.8, 4) is 5.75 Å². The SMILES string of the molecule is CCC(C(=O)NC(C)C)N(Cc1cccc(OC)c1)C(=O)Cc1ccc(Cl)c(Cl)c1. The Hall–Kier alpha value is -2.24. The van der Waals surface area contributed by atoms with Gasteiger partial charge in [0.2, 0.25) is 11.8 Å². The van der Waals surface area contributed by atoms with Crippen LogP contribution < -0.4 is 10.1 Å². The van der Waals surface area contributed by atoms with Gasteiger partial charge in [-0.2, -0.15) is 0 Å². The summed E-state index contributed by atoms with van der Waals surface area (Å²) in [6, 6.07) is 12.0. The van der Waals surface area contributed by atoms with Crippen molar-refractivity contribution in [2.24, 2.45) is 0 Å². The molecule has 0 aliphatic rings. The molecule has 162 valence electrons. The number of benzene rings is 2. The zero-order valence-electron chi connectivity index (χ0n) is 17.7. The number of carbonyl (C=O) groups excluding carboxylic acids is 2. The zero-order valence-corrected chi connectivity index (χ0v) is 19.3. The van der Waals surface area contributed by atoms with Crippen LogP contribution in [-0.4, -0.2) is 35.9 Å². The van der Waals surface area contributed by atoms with Crippen molar-refractivity contribution >= 4 is 35.0 Å². The van der Waals surface area contributed by atoms with Crippen LogP contribution in [0.2, 0.25) is 10.0 Å². The summed E-state index contributed by atoms with van der Waals surface area (Å²) in [7, 11) is 1.59. The maximum atomic E-state index is 13.3. The first-order valence-corrected chi connectivity index (χ1v) is 10.7. The highest BCUT2D eigenvalue weighted by molar-refractivity contribution is 6.42. The third-order valence-electron chi connectivity index (χ3n) is 4.64. The van der Waals surface area contributed by atoms with E-state index in [0.717, 1.165) is 11.1 Å². The van der Waals surface area contributed by atoms with Gasteiger partial charge < -0.3 is 15.0 Å². The summed E-state index contributed by atoms with van der Waals surface area (Å²) in [5.74, 6) is 0.365. The molecule has 0 aliphatic carbocycles. The highest BCUT2D eigenvalue weighted by atomic mass is 35.5. The van der Waals surface area contributed by atoms with Crippen molar-refractivity contribution in [1.29, 1.82) is 0 Å². The molecular weight excluding hydrogens is 423 g/mol. The van der Waals surface area contributed by atoms with E-state index in [0.29, 0.717) is 28.8 Å². The number of hydrogen-bond donors (Lipinski definition) is 1. The van der Waals surface area contributed by atoms with Gasteiger partial charge in [0.15, 0.2) is 0 Å². The lowest BCUT2D eigenvalue weighted by Gasteiger charge is -2.31. The molecule has 2 aromatic carbocycles. The summed E-state index contributed by atoms with van der Waals surface area (Å²) in [5.41, 5.74) is 1.62. The maximum absolute atomic E-state index is 13.3. The molecule has 2 aromatic rings. The van der Waals surface area contributed by atoms with Crippen LogP contribution in [0.25, 0.3) is 0 Å². The molecular formula is C23H28Cl2N2O3. The van der Waals surface area contributed by atoms with Crippen molar-refractivity contribution in [3.63, 3.8) is 0 Å². The van der Waals surface area contributed by atoms with Crippen molar-refractivity contribution in [1.82, 2.24) is 10.2 Å². The van der Waals surface area contributed by atoms with Gasteiger partial charge in [-0.25, -0.2) is 0 Å². The number of carbonyl (C=O) groups is 2.